The first-order chi connectivity index (χ1) is 21.0. The summed E-state index contributed by atoms with van der Waals surface area (Å²) in [5.74, 6) is 0. The van der Waals surface area contributed by atoms with Crippen molar-refractivity contribution in [3.05, 3.63) is 169 Å². The number of fused-ring (bicyclic) bond motifs is 4. The third-order valence-electron chi connectivity index (χ3n) is 9.28. The summed E-state index contributed by atoms with van der Waals surface area (Å²) in [7, 11) is 0. The molecule has 0 atom stereocenters. The van der Waals surface area contributed by atoms with Crippen LogP contribution in [0.3, 0.4) is 0 Å². The van der Waals surface area contributed by atoms with E-state index in [4.69, 9.17) is 0 Å². The van der Waals surface area contributed by atoms with Gasteiger partial charge in [0, 0.05) is 5.41 Å². The summed E-state index contributed by atoms with van der Waals surface area (Å²) < 4.78 is 0. The molecule has 0 unspecified atom stereocenters. The maximum Gasteiger partial charge on any atom is 0.0159 e. The third-order valence-corrected chi connectivity index (χ3v) is 9.28. The molecular formula is C43H32. The van der Waals surface area contributed by atoms with Gasteiger partial charge in [-0.15, -0.1) is 0 Å². The van der Waals surface area contributed by atoms with Gasteiger partial charge in [-0.3, -0.25) is 0 Å². The van der Waals surface area contributed by atoms with Crippen molar-refractivity contribution in [2.24, 2.45) is 0 Å². The molecule has 0 fully saturated rings. The van der Waals surface area contributed by atoms with Crippen molar-refractivity contribution in [2.75, 3.05) is 0 Å². The molecule has 0 amide bonds. The van der Waals surface area contributed by atoms with E-state index >= 15 is 0 Å². The average molecular weight is 549 g/mol. The van der Waals surface area contributed by atoms with Crippen LogP contribution in [0.5, 0.6) is 0 Å². The second-order valence-corrected chi connectivity index (χ2v) is 12.2. The SMILES string of the molecule is CC1(C)c2cc(-c3cccc(-c4ccc(-c5ccccc5)cc4)c3)ccc2-c2ccc(-c3ccc4ccccc4c3)cc21. The maximum atomic E-state index is 2.42. The van der Waals surface area contributed by atoms with E-state index in [1.54, 1.807) is 0 Å². The molecule has 0 saturated carbocycles. The van der Waals surface area contributed by atoms with Crippen molar-refractivity contribution < 1.29 is 0 Å². The van der Waals surface area contributed by atoms with Crippen LogP contribution in [0.2, 0.25) is 0 Å². The fourth-order valence-corrected chi connectivity index (χ4v) is 6.83. The highest BCUT2D eigenvalue weighted by atomic mass is 14.4. The summed E-state index contributed by atoms with van der Waals surface area (Å²) in [6, 6.07) is 57.9. The first kappa shape index (κ1) is 25.5. The van der Waals surface area contributed by atoms with Crippen LogP contribution in [0.4, 0.5) is 0 Å². The lowest BCUT2D eigenvalue weighted by Gasteiger charge is -2.23. The van der Waals surface area contributed by atoms with Gasteiger partial charge in [-0.05, 0) is 102 Å². The molecule has 0 nitrogen and oxygen atoms in total. The Morgan fingerprint density at radius 3 is 1.37 bits per heavy atom. The van der Waals surface area contributed by atoms with Crippen molar-refractivity contribution in [2.45, 2.75) is 19.3 Å². The van der Waals surface area contributed by atoms with E-state index in [0.29, 0.717) is 0 Å². The van der Waals surface area contributed by atoms with Gasteiger partial charge in [0.25, 0.3) is 0 Å². The van der Waals surface area contributed by atoms with Crippen molar-refractivity contribution in [3.63, 3.8) is 0 Å². The van der Waals surface area contributed by atoms with Crippen LogP contribution < -0.4 is 0 Å². The van der Waals surface area contributed by atoms with Gasteiger partial charge in [-0.25, -0.2) is 0 Å². The van der Waals surface area contributed by atoms with Gasteiger partial charge in [-0.2, -0.15) is 0 Å². The zero-order chi connectivity index (χ0) is 29.0. The molecule has 43 heavy (non-hydrogen) atoms. The zero-order valence-electron chi connectivity index (χ0n) is 24.5. The first-order valence-corrected chi connectivity index (χ1v) is 15.1. The minimum Gasteiger partial charge on any atom is -0.0622 e. The van der Waals surface area contributed by atoms with Gasteiger partial charge in [0.2, 0.25) is 0 Å². The molecule has 0 bridgehead atoms. The molecule has 7 aromatic rings. The van der Waals surface area contributed by atoms with Crippen molar-refractivity contribution in [3.8, 4) is 55.6 Å². The zero-order valence-corrected chi connectivity index (χ0v) is 24.5. The molecule has 0 heterocycles. The lowest BCUT2D eigenvalue weighted by Crippen LogP contribution is -2.15. The predicted molar refractivity (Wildman–Crippen MR) is 183 cm³/mol. The Balaban J connectivity index is 1.12. The number of hydrogen-bond acceptors (Lipinski definition) is 0. The van der Waals surface area contributed by atoms with Crippen LogP contribution in [-0.4, -0.2) is 0 Å². The highest BCUT2D eigenvalue weighted by molar-refractivity contribution is 5.90. The molecule has 0 radical (unpaired) electrons. The minimum absolute atomic E-state index is 0.0849. The first-order valence-electron chi connectivity index (χ1n) is 15.1. The van der Waals surface area contributed by atoms with Gasteiger partial charge < -0.3 is 0 Å². The largest absolute Gasteiger partial charge is 0.0622 e. The van der Waals surface area contributed by atoms with Gasteiger partial charge >= 0.3 is 0 Å². The fraction of sp³-hybridized carbons (Fsp3) is 0.0698. The van der Waals surface area contributed by atoms with Gasteiger partial charge in [0.15, 0.2) is 0 Å². The van der Waals surface area contributed by atoms with Crippen LogP contribution in [0.25, 0.3) is 66.4 Å². The summed E-state index contributed by atoms with van der Waals surface area (Å²) in [6.45, 7) is 4.74. The van der Waals surface area contributed by atoms with E-state index in [9.17, 15) is 0 Å². The van der Waals surface area contributed by atoms with E-state index in [1.165, 1.54) is 77.5 Å². The molecule has 0 aliphatic heterocycles. The van der Waals surface area contributed by atoms with Gasteiger partial charge in [0.05, 0.1) is 0 Å². The van der Waals surface area contributed by atoms with Crippen LogP contribution in [0.15, 0.2) is 158 Å². The molecule has 0 aromatic heterocycles. The van der Waals surface area contributed by atoms with E-state index in [-0.39, 0.29) is 5.41 Å². The summed E-state index contributed by atoms with van der Waals surface area (Å²) >= 11 is 0. The summed E-state index contributed by atoms with van der Waals surface area (Å²) in [5.41, 5.74) is 15.4. The third kappa shape index (κ3) is 4.39. The number of rotatable bonds is 4. The standard InChI is InChI=1S/C43H32/c1-43(2)41-27-37(35-14-8-13-34(25-35)32-17-15-31(16-18-32)29-9-4-3-5-10-29)21-23-39(41)40-24-22-38(28-42(40)43)36-20-19-30-11-6-7-12-33(30)26-36/h3-28H,1-2H3. The van der Waals surface area contributed by atoms with E-state index in [0.717, 1.165) is 0 Å². The smallest absolute Gasteiger partial charge is 0.0159 e. The molecular weight excluding hydrogens is 516 g/mol. The van der Waals surface area contributed by atoms with E-state index in [1.807, 2.05) is 0 Å². The lowest BCUT2D eigenvalue weighted by molar-refractivity contribution is 0.661. The maximum absolute atomic E-state index is 2.42. The number of hydrogen-bond donors (Lipinski definition) is 0. The molecule has 1 aliphatic rings. The lowest BCUT2D eigenvalue weighted by atomic mass is 9.80. The Hall–Kier alpha value is -5.20. The average Bonchev–Trinajstić information content (AvgIpc) is 3.30. The van der Waals surface area contributed by atoms with E-state index < -0.39 is 0 Å². The molecule has 1 aliphatic carbocycles. The van der Waals surface area contributed by atoms with Crippen molar-refractivity contribution >= 4 is 10.8 Å². The van der Waals surface area contributed by atoms with Crippen molar-refractivity contribution in [1.82, 2.24) is 0 Å². The second kappa shape index (κ2) is 9.96. The van der Waals surface area contributed by atoms with Crippen LogP contribution >= 0.6 is 0 Å². The van der Waals surface area contributed by atoms with Gasteiger partial charge in [0.1, 0.15) is 0 Å². The molecule has 0 saturated heterocycles. The molecule has 0 N–H and O–H groups in total. The normalized spacial score (nSPS) is 13.1. The van der Waals surface area contributed by atoms with Crippen LogP contribution in [0, 0.1) is 0 Å². The number of benzene rings is 7. The summed E-state index contributed by atoms with van der Waals surface area (Å²) in [6.07, 6.45) is 0. The van der Waals surface area contributed by atoms with E-state index in [2.05, 4.69) is 172 Å². The second-order valence-electron chi connectivity index (χ2n) is 12.2. The minimum atomic E-state index is -0.0849. The Bertz CT molecular complexity index is 2130. The molecule has 0 heteroatoms. The highest BCUT2D eigenvalue weighted by Crippen LogP contribution is 2.50. The van der Waals surface area contributed by atoms with Crippen LogP contribution in [-0.2, 0) is 5.41 Å². The highest BCUT2D eigenvalue weighted by Gasteiger charge is 2.35. The Morgan fingerprint density at radius 2 is 0.721 bits per heavy atom. The Kier molecular flexibility index (Phi) is 5.91. The topological polar surface area (TPSA) is 0 Å². The predicted octanol–water partition coefficient (Wildman–Crippen LogP) is 11.8. The quantitative estimate of drug-likeness (QED) is 0.205. The van der Waals surface area contributed by atoms with Crippen molar-refractivity contribution in [1.29, 1.82) is 0 Å². The molecule has 0 spiro atoms. The summed E-state index contributed by atoms with van der Waals surface area (Å²) in [4.78, 5) is 0. The molecule has 7 aromatic carbocycles. The van der Waals surface area contributed by atoms with Gasteiger partial charge in [-0.1, -0.05) is 147 Å². The Labute approximate surface area is 253 Å². The molecule has 8 rings (SSSR count). The summed E-state index contributed by atoms with van der Waals surface area (Å²) in [5, 5.41) is 2.56. The van der Waals surface area contributed by atoms with Crippen LogP contribution in [0.1, 0.15) is 25.0 Å². The Morgan fingerprint density at radius 1 is 0.302 bits per heavy atom. The monoisotopic (exact) mass is 548 g/mol. The molecule has 204 valence electrons. The fourth-order valence-electron chi connectivity index (χ4n) is 6.83.